The number of halogens is 4. The summed E-state index contributed by atoms with van der Waals surface area (Å²) in [4.78, 5) is 1.89. The number of hydrogen-bond acceptors (Lipinski definition) is 2. The average Bonchev–Trinajstić information content (AvgIpc) is 2.28. The lowest BCUT2D eigenvalue weighted by atomic mass is 10.1. The number of anilines is 1. The van der Waals surface area contributed by atoms with Gasteiger partial charge in [-0.15, -0.1) is 12.4 Å². The Hall–Kier alpha value is -0.390. The van der Waals surface area contributed by atoms with E-state index < -0.39 is 11.6 Å². The van der Waals surface area contributed by atoms with Crippen molar-refractivity contribution in [1.82, 2.24) is 5.32 Å². The molecule has 2 rings (SSSR count). The Morgan fingerprint density at radius 1 is 1.35 bits per heavy atom. The fourth-order valence-electron chi connectivity index (χ4n) is 1.94. The molecule has 0 unspecified atom stereocenters. The first-order valence-corrected chi connectivity index (χ1v) is 6.01. The highest BCUT2D eigenvalue weighted by molar-refractivity contribution is 9.10. The third kappa shape index (κ3) is 2.89. The molecule has 0 spiro atoms. The van der Waals surface area contributed by atoms with Crippen LogP contribution in [0.15, 0.2) is 16.6 Å². The molecule has 6 heteroatoms. The minimum absolute atomic E-state index is 0. The summed E-state index contributed by atoms with van der Waals surface area (Å²) in [5, 5.41) is 3.21. The minimum atomic E-state index is -0.816. The number of piperazine rings is 1. The zero-order valence-electron chi connectivity index (χ0n) is 9.34. The lowest BCUT2D eigenvalue weighted by Gasteiger charge is -2.36. The van der Waals surface area contributed by atoms with Crippen LogP contribution in [0.5, 0.6) is 0 Å². The highest BCUT2D eigenvalue weighted by Crippen LogP contribution is 2.28. The monoisotopic (exact) mass is 326 g/mol. The van der Waals surface area contributed by atoms with Crippen molar-refractivity contribution in [2.24, 2.45) is 0 Å². The molecule has 2 nitrogen and oxygen atoms in total. The van der Waals surface area contributed by atoms with Gasteiger partial charge in [0.05, 0.1) is 10.2 Å². The van der Waals surface area contributed by atoms with Gasteiger partial charge in [-0.2, -0.15) is 0 Å². The van der Waals surface area contributed by atoms with Crippen LogP contribution in [0.2, 0.25) is 0 Å². The van der Waals surface area contributed by atoms with Gasteiger partial charge in [0.2, 0.25) is 0 Å². The summed E-state index contributed by atoms with van der Waals surface area (Å²) < 4.78 is 27.3. The van der Waals surface area contributed by atoms with Crippen molar-refractivity contribution in [3.8, 4) is 0 Å². The van der Waals surface area contributed by atoms with E-state index in [1.165, 1.54) is 0 Å². The Morgan fingerprint density at radius 2 is 2.06 bits per heavy atom. The fraction of sp³-hybridized carbons (Fsp3) is 0.455. The van der Waals surface area contributed by atoms with Gasteiger partial charge in [-0.25, -0.2) is 8.78 Å². The highest BCUT2D eigenvalue weighted by atomic mass is 79.9. The SMILES string of the molecule is C[C@H]1CNCCN1c1ccc(Br)c(F)c1F.Cl. The highest BCUT2D eigenvalue weighted by Gasteiger charge is 2.23. The summed E-state index contributed by atoms with van der Waals surface area (Å²) in [5.74, 6) is -1.59. The van der Waals surface area contributed by atoms with E-state index in [0.29, 0.717) is 12.2 Å². The topological polar surface area (TPSA) is 15.3 Å². The predicted octanol–water partition coefficient (Wildman–Crippen LogP) is 2.95. The third-order valence-corrected chi connectivity index (χ3v) is 3.44. The molecule has 17 heavy (non-hydrogen) atoms. The van der Waals surface area contributed by atoms with Gasteiger partial charge in [-0.1, -0.05) is 0 Å². The molecule has 1 atom stereocenters. The van der Waals surface area contributed by atoms with E-state index in [1.54, 1.807) is 12.1 Å². The molecule has 0 radical (unpaired) electrons. The van der Waals surface area contributed by atoms with Gasteiger partial charge in [0.1, 0.15) is 0 Å². The molecular weight excluding hydrogens is 313 g/mol. The Bertz CT molecular complexity index is 403. The van der Waals surface area contributed by atoms with E-state index in [9.17, 15) is 8.78 Å². The van der Waals surface area contributed by atoms with E-state index in [2.05, 4.69) is 21.2 Å². The molecule has 1 heterocycles. The van der Waals surface area contributed by atoms with Gasteiger partial charge in [-0.3, -0.25) is 0 Å². The maximum absolute atomic E-state index is 13.8. The van der Waals surface area contributed by atoms with Crippen LogP contribution in [0, 0.1) is 11.6 Å². The van der Waals surface area contributed by atoms with Crippen LogP contribution in [0.4, 0.5) is 14.5 Å². The summed E-state index contributed by atoms with van der Waals surface area (Å²) in [7, 11) is 0. The molecule has 0 bridgehead atoms. The predicted molar refractivity (Wildman–Crippen MR) is 71.0 cm³/mol. The van der Waals surface area contributed by atoms with Crippen LogP contribution in [0.1, 0.15) is 6.92 Å². The smallest absolute Gasteiger partial charge is 0.183 e. The van der Waals surface area contributed by atoms with E-state index >= 15 is 0 Å². The van der Waals surface area contributed by atoms with Crippen LogP contribution < -0.4 is 10.2 Å². The molecular formula is C11H14BrClF2N2. The first-order chi connectivity index (χ1) is 7.61. The molecule has 1 aliphatic rings. The summed E-state index contributed by atoms with van der Waals surface area (Å²) in [5.41, 5.74) is 0.342. The van der Waals surface area contributed by atoms with E-state index in [0.717, 1.165) is 13.1 Å². The van der Waals surface area contributed by atoms with Crippen LogP contribution in [0.3, 0.4) is 0 Å². The Morgan fingerprint density at radius 3 is 2.71 bits per heavy atom. The first-order valence-electron chi connectivity index (χ1n) is 5.22. The van der Waals surface area contributed by atoms with Crippen molar-refractivity contribution in [2.45, 2.75) is 13.0 Å². The molecule has 1 fully saturated rings. The standard InChI is InChI=1S/C11H13BrF2N2.ClH/c1-7-6-15-4-5-16(7)9-3-2-8(12)10(13)11(9)14;/h2-3,7,15H,4-6H2,1H3;1H/t7-;/m0./s1. The number of nitrogens with zero attached hydrogens (tertiary/aromatic N) is 1. The second kappa shape index (κ2) is 5.98. The summed E-state index contributed by atoms with van der Waals surface area (Å²) in [6.45, 7) is 4.27. The van der Waals surface area contributed by atoms with Crippen LogP contribution in [-0.2, 0) is 0 Å². The fourth-order valence-corrected chi connectivity index (χ4v) is 2.24. The molecule has 96 valence electrons. The van der Waals surface area contributed by atoms with Crippen LogP contribution in [0.25, 0.3) is 0 Å². The third-order valence-electron chi connectivity index (χ3n) is 2.83. The number of benzene rings is 1. The Kier molecular flexibility index (Phi) is 5.16. The summed E-state index contributed by atoms with van der Waals surface area (Å²) in [6, 6.07) is 3.33. The van der Waals surface area contributed by atoms with Gasteiger partial charge in [-0.05, 0) is 35.0 Å². The normalized spacial score (nSPS) is 20.0. The molecule has 0 saturated carbocycles. The second-order valence-corrected chi connectivity index (χ2v) is 4.80. The number of hydrogen-bond donors (Lipinski definition) is 1. The van der Waals surface area contributed by atoms with Gasteiger partial charge >= 0.3 is 0 Å². The van der Waals surface area contributed by atoms with Crippen LogP contribution >= 0.6 is 28.3 Å². The largest absolute Gasteiger partial charge is 0.364 e. The second-order valence-electron chi connectivity index (χ2n) is 3.94. The maximum atomic E-state index is 13.8. The first kappa shape index (κ1) is 14.7. The van der Waals surface area contributed by atoms with Crippen LogP contribution in [-0.4, -0.2) is 25.7 Å². The van der Waals surface area contributed by atoms with Crippen molar-refractivity contribution >= 4 is 34.0 Å². The van der Waals surface area contributed by atoms with E-state index in [-0.39, 0.29) is 22.9 Å². The van der Waals surface area contributed by atoms with Crippen molar-refractivity contribution in [3.63, 3.8) is 0 Å². The maximum Gasteiger partial charge on any atom is 0.183 e. The van der Waals surface area contributed by atoms with E-state index in [4.69, 9.17) is 0 Å². The molecule has 0 amide bonds. The molecule has 1 saturated heterocycles. The van der Waals surface area contributed by atoms with Crippen molar-refractivity contribution in [3.05, 3.63) is 28.2 Å². The molecule has 1 aliphatic heterocycles. The number of rotatable bonds is 1. The molecule has 1 aromatic carbocycles. The molecule has 1 aromatic rings. The van der Waals surface area contributed by atoms with Gasteiger partial charge < -0.3 is 10.2 Å². The lowest BCUT2D eigenvalue weighted by Crippen LogP contribution is -2.50. The van der Waals surface area contributed by atoms with Gasteiger partial charge in [0.25, 0.3) is 0 Å². The quantitative estimate of drug-likeness (QED) is 0.798. The van der Waals surface area contributed by atoms with Crippen molar-refractivity contribution < 1.29 is 8.78 Å². The molecule has 1 N–H and O–H groups in total. The summed E-state index contributed by atoms with van der Waals surface area (Å²) >= 11 is 2.97. The van der Waals surface area contributed by atoms with E-state index in [1.807, 2.05) is 11.8 Å². The Labute approximate surface area is 114 Å². The van der Waals surface area contributed by atoms with Crippen molar-refractivity contribution in [1.29, 1.82) is 0 Å². The summed E-state index contributed by atoms with van der Waals surface area (Å²) in [6.07, 6.45) is 0. The van der Waals surface area contributed by atoms with Crippen molar-refractivity contribution in [2.75, 3.05) is 24.5 Å². The zero-order valence-corrected chi connectivity index (χ0v) is 11.7. The van der Waals surface area contributed by atoms with Gasteiger partial charge in [0, 0.05) is 25.7 Å². The zero-order chi connectivity index (χ0) is 11.7. The van der Waals surface area contributed by atoms with Gasteiger partial charge in [0.15, 0.2) is 11.6 Å². The molecule has 0 aliphatic carbocycles. The minimum Gasteiger partial charge on any atom is -0.364 e. The average molecular weight is 328 g/mol. The Balaban J connectivity index is 0.00000144. The lowest BCUT2D eigenvalue weighted by molar-refractivity contribution is 0.470. The molecule has 0 aromatic heterocycles. The number of nitrogens with one attached hydrogen (secondary N) is 1.